The highest BCUT2D eigenvalue weighted by Crippen LogP contribution is 2.16. The normalized spacial score (nSPS) is 11.8. The third-order valence-electron chi connectivity index (χ3n) is 2.95. The standard InChI is InChI=1S/C14H20N2O3/c1-9(2)10(3)15-13(17)11-7-5-6-8-12(11)16-14(18)19-4/h5-10H,1-4H3,(H,15,17)(H,16,18)/t10-/m0/s1. The van der Waals surface area contributed by atoms with Gasteiger partial charge in [0.1, 0.15) is 0 Å². The summed E-state index contributed by atoms with van der Waals surface area (Å²) in [5.41, 5.74) is 0.850. The van der Waals surface area contributed by atoms with Crippen molar-refractivity contribution in [2.45, 2.75) is 26.8 Å². The summed E-state index contributed by atoms with van der Waals surface area (Å²) in [6.07, 6.45) is -0.600. The summed E-state index contributed by atoms with van der Waals surface area (Å²) in [5, 5.41) is 5.42. The van der Waals surface area contributed by atoms with E-state index in [4.69, 9.17) is 0 Å². The van der Waals surface area contributed by atoms with Crippen molar-refractivity contribution in [2.24, 2.45) is 5.92 Å². The molecule has 1 atom stereocenters. The van der Waals surface area contributed by atoms with Crippen LogP contribution < -0.4 is 10.6 Å². The van der Waals surface area contributed by atoms with Crippen LogP contribution in [-0.4, -0.2) is 25.2 Å². The summed E-state index contributed by atoms with van der Waals surface area (Å²) in [7, 11) is 1.28. The van der Waals surface area contributed by atoms with Gasteiger partial charge in [0, 0.05) is 6.04 Å². The van der Waals surface area contributed by atoms with E-state index in [2.05, 4.69) is 15.4 Å². The number of hydrogen-bond acceptors (Lipinski definition) is 3. The number of anilines is 1. The van der Waals surface area contributed by atoms with Crippen molar-refractivity contribution in [1.29, 1.82) is 0 Å². The average molecular weight is 264 g/mol. The summed E-state index contributed by atoms with van der Waals surface area (Å²) in [4.78, 5) is 23.4. The number of ether oxygens (including phenoxy) is 1. The van der Waals surface area contributed by atoms with Gasteiger partial charge in [-0.25, -0.2) is 4.79 Å². The zero-order chi connectivity index (χ0) is 14.4. The maximum atomic E-state index is 12.1. The van der Waals surface area contributed by atoms with Gasteiger partial charge >= 0.3 is 6.09 Å². The summed E-state index contributed by atoms with van der Waals surface area (Å²) in [5.74, 6) is 0.123. The lowest BCUT2D eigenvalue weighted by molar-refractivity contribution is 0.0931. The lowest BCUT2D eigenvalue weighted by Gasteiger charge is -2.18. The molecule has 0 saturated heterocycles. The second-order valence-electron chi connectivity index (χ2n) is 4.67. The number of carbonyl (C=O) groups excluding carboxylic acids is 2. The van der Waals surface area contributed by atoms with E-state index >= 15 is 0 Å². The second-order valence-corrected chi connectivity index (χ2v) is 4.67. The highest BCUT2D eigenvalue weighted by atomic mass is 16.5. The van der Waals surface area contributed by atoms with Crippen molar-refractivity contribution in [3.63, 3.8) is 0 Å². The summed E-state index contributed by atoms with van der Waals surface area (Å²) in [6.45, 7) is 6.01. The van der Waals surface area contributed by atoms with E-state index in [1.165, 1.54) is 7.11 Å². The molecule has 1 aromatic rings. The van der Waals surface area contributed by atoms with Crippen molar-refractivity contribution >= 4 is 17.7 Å². The molecule has 0 fully saturated rings. The van der Waals surface area contributed by atoms with E-state index < -0.39 is 6.09 Å². The van der Waals surface area contributed by atoms with Crippen LogP contribution in [0.4, 0.5) is 10.5 Å². The molecule has 0 aliphatic heterocycles. The van der Waals surface area contributed by atoms with E-state index in [0.717, 1.165) is 0 Å². The van der Waals surface area contributed by atoms with Crippen molar-refractivity contribution < 1.29 is 14.3 Å². The zero-order valence-corrected chi connectivity index (χ0v) is 11.7. The van der Waals surface area contributed by atoms with Crippen LogP contribution in [0.3, 0.4) is 0 Å². The first-order chi connectivity index (χ1) is 8.95. The lowest BCUT2D eigenvalue weighted by atomic mass is 10.1. The Labute approximate surface area is 113 Å². The molecule has 0 saturated carbocycles. The van der Waals surface area contributed by atoms with E-state index in [1.54, 1.807) is 24.3 Å². The van der Waals surface area contributed by atoms with Crippen LogP contribution >= 0.6 is 0 Å². The molecule has 5 heteroatoms. The topological polar surface area (TPSA) is 67.4 Å². The Balaban J connectivity index is 2.87. The second kappa shape index (κ2) is 6.78. The van der Waals surface area contributed by atoms with Gasteiger partial charge in [-0.3, -0.25) is 10.1 Å². The van der Waals surface area contributed by atoms with Gasteiger partial charge < -0.3 is 10.1 Å². The molecule has 0 spiro atoms. The summed E-state index contributed by atoms with van der Waals surface area (Å²) < 4.78 is 4.53. The fraction of sp³-hybridized carbons (Fsp3) is 0.429. The Bertz CT molecular complexity index is 458. The molecular formula is C14H20N2O3. The van der Waals surface area contributed by atoms with Crippen LogP contribution in [0.2, 0.25) is 0 Å². The van der Waals surface area contributed by atoms with Gasteiger partial charge in [0.25, 0.3) is 5.91 Å². The monoisotopic (exact) mass is 264 g/mol. The van der Waals surface area contributed by atoms with Crippen LogP contribution in [-0.2, 0) is 4.74 Å². The Kier molecular flexibility index (Phi) is 5.36. The summed E-state index contributed by atoms with van der Waals surface area (Å²) in [6, 6.07) is 6.86. The molecule has 0 aliphatic carbocycles. The first-order valence-electron chi connectivity index (χ1n) is 6.20. The number of amides is 2. The van der Waals surface area contributed by atoms with Gasteiger partial charge in [0.15, 0.2) is 0 Å². The smallest absolute Gasteiger partial charge is 0.411 e. The fourth-order valence-corrected chi connectivity index (χ4v) is 1.40. The molecule has 0 heterocycles. The van der Waals surface area contributed by atoms with Crippen LogP contribution in [0, 0.1) is 5.92 Å². The van der Waals surface area contributed by atoms with Gasteiger partial charge in [-0.15, -0.1) is 0 Å². The number of rotatable bonds is 4. The summed E-state index contributed by atoms with van der Waals surface area (Å²) >= 11 is 0. The molecule has 5 nitrogen and oxygen atoms in total. The number of benzene rings is 1. The minimum Gasteiger partial charge on any atom is -0.453 e. The Morgan fingerprint density at radius 3 is 2.37 bits per heavy atom. The molecule has 0 radical (unpaired) electrons. The Morgan fingerprint density at radius 2 is 1.79 bits per heavy atom. The van der Waals surface area contributed by atoms with Crippen LogP contribution in [0.5, 0.6) is 0 Å². The molecule has 0 unspecified atom stereocenters. The largest absolute Gasteiger partial charge is 0.453 e. The fourth-order valence-electron chi connectivity index (χ4n) is 1.40. The van der Waals surface area contributed by atoms with E-state index in [1.807, 2.05) is 20.8 Å². The first kappa shape index (κ1) is 15.0. The van der Waals surface area contributed by atoms with Gasteiger partial charge in [-0.1, -0.05) is 26.0 Å². The van der Waals surface area contributed by atoms with Crippen molar-refractivity contribution in [2.75, 3.05) is 12.4 Å². The minimum atomic E-state index is -0.600. The van der Waals surface area contributed by atoms with Crippen molar-refractivity contribution in [3.05, 3.63) is 29.8 Å². The lowest BCUT2D eigenvalue weighted by Crippen LogP contribution is -2.36. The van der Waals surface area contributed by atoms with Gasteiger partial charge in [0.2, 0.25) is 0 Å². The van der Waals surface area contributed by atoms with Crippen molar-refractivity contribution in [1.82, 2.24) is 5.32 Å². The first-order valence-corrected chi connectivity index (χ1v) is 6.20. The highest BCUT2D eigenvalue weighted by molar-refractivity contribution is 6.02. The van der Waals surface area contributed by atoms with E-state index in [-0.39, 0.29) is 11.9 Å². The third kappa shape index (κ3) is 4.28. The molecule has 2 N–H and O–H groups in total. The maximum Gasteiger partial charge on any atom is 0.411 e. The SMILES string of the molecule is COC(=O)Nc1ccccc1C(=O)N[C@@H](C)C(C)C. The van der Waals surface area contributed by atoms with Gasteiger partial charge in [-0.05, 0) is 25.0 Å². The van der Waals surface area contributed by atoms with Crippen molar-refractivity contribution in [3.8, 4) is 0 Å². The molecular weight excluding hydrogens is 244 g/mol. The number of methoxy groups -OCH3 is 1. The van der Waals surface area contributed by atoms with Crippen LogP contribution in [0.25, 0.3) is 0 Å². The highest BCUT2D eigenvalue weighted by Gasteiger charge is 2.16. The molecule has 104 valence electrons. The number of nitrogens with one attached hydrogen (secondary N) is 2. The molecule has 1 aromatic carbocycles. The predicted octanol–water partition coefficient (Wildman–Crippen LogP) is 2.64. The number of hydrogen-bond donors (Lipinski definition) is 2. The third-order valence-corrected chi connectivity index (χ3v) is 2.95. The van der Waals surface area contributed by atoms with Crippen LogP contribution in [0.1, 0.15) is 31.1 Å². The number of carbonyl (C=O) groups is 2. The van der Waals surface area contributed by atoms with Gasteiger partial charge in [0.05, 0.1) is 18.4 Å². The van der Waals surface area contributed by atoms with E-state index in [9.17, 15) is 9.59 Å². The Hall–Kier alpha value is -2.04. The zero-order valence-electron chi connectivity index (χ0n) is 11.7. The Morgan fingerprint density at radius 1 is 1.16 bits per heavy atom. The quantitative estimate of drug-likeness (QED) is 0.878. The molecule has 0 aromatic heterocycles. The molecule has 2 amide bonds. The number of para-hydroxylation sites is 1. The van der Waals surface area contributed by atoms with E-state index in [0.29, 0.717) is 17.2 Å². The molecule has 1 rings (SSSR count). The van der Waals surface area contributed by atoms with Crippen LogP contribution in [0.15, 0.2) is 24.3 Å². The van der Waals surface area contributed by atoms with Gasteiger partial charge in [-0.2, -0.15) is 0 Å². The average Bonchev–Trinajstić information content (AvgIpc) is 2.38. The molecule has 0 aliphatic rings. The minimum absolute atomic E-state index is 0.0543. The molecule has 0 bridgehead atoms. The molecule has 19 heavy (non-hydrogen) atoms. The maximum absolute atomic E-state index is 12.1. The predicted molar refractivity (Wildman–Crippen MR) is 74.2 cm³/mol.